The van der Waals surface area contributed by atoms with Crippen molar-refractivity contribution in [3.63, 3.8) is 0 Å². The quantitative estimate of drug-likeness (QED) is 0.677. The molecule has 0 aliphatic heterocycles. The highest BCUT2D eigenvalue weighted by atomic mass is 19.4. The Morgan fingerprint density at radius 3 is 2.57 bits per heavy atom. The van der Waals surface area contributed by atoms with E-state index in [9.17, 15) is 22.4 Å². The number of amides is 1. The number of anilines is 1. The van der Waals surface area contributed by atoms with Gasteiger partial charge >= 0.3 is 6.18 Å². The maximum atomic E-state index is 13.4. The molecule has 2 aromatic rings. The van der Waals surface area contributed by atoms with Gasteiger partial charge < -0.3 is 5.32 Å². The van der Waals surface area contributed by atoms with E-state index in [4.69, 9.17) is 0 Å². The molecule has 0 saturated heterocycles. The van der Waals surface area contributed by atoms with Crippen LogP contribution in [0.15, 0.2) is 36.5 Å². The van der Waals surface area contributed by atoms with Crippen molar-refractivity contribution in [1.82, 2.24) is 4.98 Å². The average molecular weight is 298 g/mol. The van der Waals surface area contributed by atoms with E-state index in [1.807, 2.05) is 0 Å². The molecule has 110 valence electrons. The maximum Gasteiger partial charge on any atom is 0.416 e. The molecule has 0 spiro atoms. The fraction of sp³-hybridized carbons (Fsp3) is 0.143. The summed E-state index contributed by atoms with van der Waals surface area (Å²) in [5, 5.41) is 2.26. The number of nitrogens with one attached hydrogen (secondary N) is 1. The van der Waals surface area contributed by atoms with E-state index < -0.39 is 23.6 Å². The van der Waals surface area contributed by atoms with Crippen molar-refractivity contribution >= 4 is 11.6 Å². The van der Waals surface area contributed by atoms with Crippen molar-refractivity contribution < 1.29 is 22.4 Å². The lowest BCUT2D eigenvalue weighted by Gasteiger charge is -2.12. The number of rotatable bonds is 2. The number of benzene rings is 1. The summed E-state index contributed by atoms with van der Waals surface area (Å²) >= 11 is 0. The van der Waals surface area contributed by atoms with Gasteiger partial charge in [0.25, 0.3) is 5.91 Å². The molecule has 2 rings (SSSR count). The van der Waals surface area contributed by atoms with Crippen molar-refractivity contribution in [3.8, 4) is 0 Å². The molecule has 0 saturated carbocycles. The number of aromatic nitrogens is 1. The first-order valence-electron chi connectivity index (χ1n) is 5.89. The summed E-state index contributed by atoms with van der Waals surface area (Å²) in [7, 11) is 0. The summed E-state index contributed by atoms with van der Waals surface area (Å²) in [4.78, 5) is 15.2. The number of pyridine rings is 1. The second kappa shape index (κ2) is 5.51. The second-order valence-corrected chi connectivity index (χ2v) is 4.32. The fourth-order valence-corrected chi connectivity index (χ4v) is 1.68. The Hall–Kier alpha value is -2.44. The second-order valence-electron chi connectivity index (χ2n) is 4.32. The minimum Gasteiger partial charge on any atom is -0.322 e. The minimum absolute atomic E-state index is 0.0296. The molecule has 1 amide bonds. The lowest BCUT2D eigenvalue weighted by Crippen LogP contribution is -2.16. The smallest absolute Gasteiger partial charge is 0.322 e. The Balaban J connectivity index is 2.31. The van der Waals surface area contributed by atoms with Gasteiger partial charge in [0.2, 0.25) is 5.95 Å². The Labute approximate surface area is 117 Å². The molecule has 1 heterocycles. The molecule has 0 atom stereocenters. The number of aryl methyl sites for hydroxylation is 1. The number of nitrogens with zero attached hydrogens (tertiary/aromatic N) is 1. The van der Waals surface area contributed by atoms with Crippen LogP contribution in [0.4, 0.5) is 23.2 Å². The van der Waals surface area contributed by atoms with Crippen LogP contribution < -0.4 is 5.32 Å². The molecule has 1 N–H and O–H groups in total. The molecule has 1 aromatic heterocycles. The zero-order chi connectivity index (χ0) is 15.6. The summed E-state index contributed by atoms with van der Waals surface area (Å²) in [6, 6.07) is 5.51. The van der Waals surface area contributed by atoms with E-state index in [1.54, 1.807) is 0 Å². The van der Waals surface area contributed by atoms with Crippen LogP contribution in [0.1, 0.15) is 21.5 Å². The van der Waals surface area contributed by atoms with Crippen LogP contribution in [0.2, 0.25) is 0 Å². The molecule has 0 radical (unpaired) electrons. The van der Waals surface area contributed by atoms with Gasteiger partial charge in [0.05, 0.1) is 11.1 Å². The highest BCUT2D eigenvalue weighted by Crippen LogP contribution is 2.32. The van der Waals surface area contributed by atoms with Gasteiger partial charge in [-0.1, -0.05) is 6.07 Å². The molecule has 7 heteroatoms. The van der Waals surface area contributed by atoms with E-state index in [2.05, 4.69) is 10.3 Å². The number of hydrogen-bond donors (Lipinski definition) is 1. The molecule has 0 aliphatic rings. The van der Waals surface area contributed by atoms with Crippen molar-refractivity contribution in [2.75, 3.05) is 5.32 Å². The first kappa shape index (κ1) is 15.0. The number of alkyl halides is 3. The number of halogens is 4. The largest absolute Gasteiger partial charge is 0.416 e. The molecule has 21 heavy (non-hydrogen) atoms. The Morgan fingerprint density at radius 2 is 1.95 bits per heavy atom. The first-order valence-corrected chi connectivity index (χ1v) is 5.89. The Bertz CT molecular complexity index is 683. The number of hydrogen-bond acceptors (Lipinski definition) is 2. The van der Waals surface area contributed by atoms with E-state index in [0.29, 0.717) is 5.56 Å². The van der Waals surface area contributed by atoms with Crippen molar-refractivity contribution in [3.05, 3.63) is 59.2 Å². The van der Waals surface area contributed by atoms with Gasteiger partial charge in [0, 0.05) is 11.9 Å². The first-order chi connectivity index (χ1) is 9.79. The highest BCUT2D eigenvalue weighted by molar-refractivity contribution is 6.04. The van der Waals surface area contributed by atoms with Crippen molar-refractivity contribution in [2.45, 2.75) is 13.1 Å². The van der Waals surface area contributed by atoms with E-state index in [-0.39, 0.29) is 11.3 Å². The van der Waals surface area contributed by atoms with Crippen LogP contribution in [0.3, 0.4) is 0 Å². The normalized spacial score (nSPS) is 11.3. The van der Waals surface area contributed by atoms with Crippen LogP contribution in [-0.2, 0) is 6.18 Å². The third-order valence-electron chi connectivity index (χ3n) is 2.82. The van der Waals surface area contributed by atoms with Crippen molar-refractivity contribution in [2.24, 2.45) is 0 Å². The number of carbonyl (C=O) groups excluding carboxylic acids is 1. The monoisotopic (exact) mass is 298 g/mol. The summed E-state index contributed by atoms with van der Waals surface area (Å²) < 4.78 is 51.3. The van der Waals surface area contributed by atoms with Crippen LogP contribution in [0.5, 0.6) is 0 Å². The predicted molar refractivity (Wildman–Crippen MR) is 68.3 cm³/mol. The Morgan fingerprint density at radius 1 is 1.24 bits per heavy atom. The summed E-state index contributed by atoms with van der Waals surface area (Å²) in [6.45, 7) is 1.54. The fourth-order valence-electron chi connectivity index (χ4n) is 1.68. The lowest BCUT2D eigenvalue weighted by atomic mass is 10.1. The number of carbonyl (C=O) groups is 1. The zero-order valence-corrected chi connectivity index (χ0v) is 10.8. The van der Waals surface area contributed by atoms with E-state index >= 15 is 0 Å². The third-order valence-corrected chi connectivity index (χ3v) is 2.82. The van der Waals surface area contributed by atoms with Crippen LogP contribution in [0.25, 0.3) is 0 Å². The van der Waals surface area contributed by atoms with Crippen LogP contribution >= 0.6 is 0 Å². The molecular formula is C14H10F4N2O. The molecule has 0 unspecified atom stereocenters. The van der Waals surface area contributed by atoms with Gasteiger partial charge in [-0.05, 0) is 36.8 Å². The molecule has 0 fully saturated rings. The van der Waals surface area contributed by atoms with Gasteiger partial charge in [0.15, 0.2) is 0 Å². The summed E-state index contributed by atoms with van der Waals surface area (Å²) in [6.07, 6.45) is -3.35. The molecular weight excluding hydrogens is 288 g/mol. The molecule has 3 nitrogen and oxygen atoms in total. The predicted octanol–water partition coefficient (Wildman–Crippen LogP) is 3.80. The highest BCUT2D eigenvalue weighted by Gasteiger charge is 2.31. The topological polar surface area (TPSA) is 42.0 Å². The van der Waals surface area contributed by atoms with Gasteiger partial charge in [0.1, 0.15) is 0 Å². The van der Waals surface area contributed by atoms with Gasteiger partial charge in [-0.15, -0.1) is 0 Å². The van der Waals surface area contributed by atoms with Crippen LogP contribution in [-0.4, -0.2) is 10.9 Å². The van der Waals surface area contributed by atoms with Crippen molar-refractivity contribution in [1.29, 1.82) is 0 Å². The van der Waals surface area contributed by atoms with Gasteiger partial charge in [-0.25, -0.2) is 4.98 Å². The van der Waals surface area contributed by atoms with E-state index in [0.717, 1.165) is 12.1 Å². The molecule has 0 bridgehead atoms. The lowest BCUT2D eigenvalue weighted by molar-refractivity contribution is -0.137. The molecule has 1 aromatic carbocycles. The SMILES string of the molecule is Cc1ccc(C(F)(F)F)cc1NC(=O)c1cccnc1F. The van der Waals surface area contributed by atoms with Gasteiger partial charge in [-0.2, -0.15) is 17.6 Å². The minimum atomic E-state index is -4.52. The molecule has 0 aliphatic carbocycles. The summed E-state index contributed by atoms with van der Waals surface area (Å²) in [5.74, 6) is -1.84. The Kier molecular flexibility index (Phi) is 3.93. The van der Waals surface area contributed by atoms with Crippen LogP contribution in [0, 0.1) is 12.9 Å². The zero-order valence-electron chi connectivity index (χ0n) is 10.8. The van der Waals surface area contributed by atoms with Gasteiger partial charge in [-0.3, -0.25) is 4.79 Å². The standard InChI is InChI=1S/C14H10F4N2O/c1-8-4-5-9(14(16,17)18)7-11(8)20-13(21)10-3-2-6-19-12(10)15/h2-7H,1H3,(H,20,21). The van der Waals surface area contributed by atoms with E-state index in [1.165, 1.54) is 31.3 Å². The average Bonchev–Trinajstić information content (AvgIpc) is 2.40. The third kappa shape index (κ3) is 3.36. The maximum absolute atomic E-state index is 13.4. The summed E-state index contributed by atoms with van der Waals surface area (Å²) in [5.41, 5.74) is -0.830.